The molecule has 2 heterocycles. The Morgan fingerprint density at radius 1 is 1.15 bits per heavy atom. The molecule has 5 heteroatoms. The lowest BCUT2D eigenvalue weighted by Gasteiger charge is -2.19. The van der Waals surface area contributed by atoms with E-state index in [-0.39, 0.29) is 17.9 Å². The second-order valence-electron chi connectivity index (χ2n) is 6.85. The number of amides is 1. The predicted molar refractivity (Wildman–Crippen MR) is 102 cm³/mol. The minimum Gasteiger partial charge on any atom is -0.392 e. The smallest absolute Gasteiger partial charge is 0.237 e. The van der Waals surface area contributed by atoms with Crippen LogP contribution in [0, 0.1) is 0 Å². The van der Waals surface area contributed by atoms with Crippen molar-refractivity contribution >= 4 is 16.8 Å². The van der Waals surface area contributed by atoms with Crippen LogP contribution in [-0.2, 0) is 4.79 Å². The van der Waals surface area contributed by atoms with E-state index in [1.54, 1.807) is 0 Å². The van der Waals surface area contributed by atoms with E-state index in [0.717, 1.165) is 11.1 Å². The van der Waals surface area contributed by atoms with Gasteiger partial charge >= 0.3 is 0 Å². The van der Waals surface area contributed by atoms with E-state index in [0.29, 0.717) is 19.5 Å². The first kappa shape index (κ1) is 16.8. The Bertz CT molecular complexity index is 890. The number of rotatable bonds is 5. The van der Waals surface area contributed by atoms with Gasteiger partial charge in [-0.05, 0) is 23.6 Å². The number of aliphatic hydroxyl groups is 1. The van der Waals surface area contributed by atoms with Gasteiger partial charge in [0.2, 0.25) is 5.91 Å². The van der Waals surface area contributed by atoms with Gasteiger partial charge in [-0.25, -0.2) is 0 Å². The Labute approximate surface area is 152 Å². The molecule has 1 saturated heterocycles. The average molecular weight is 349 g/mol. The van der Waals surface area contributed by atoms with Crippen molar-refractivity contribution < 1.29 is 9.90 Å². The molecule has 1 aliphatic rings. The first-order chi connectivity index (χ1) is 12.7. The highest BCUT2D eigenvalue weighted by molar-refractivity contribution is 5.85. The molecule has 1 aromatic heterocycles. The molecule has 1 fully saturated rings. The van der Waals surface area contributed by atoms with Gasteiger partial charge in [-0.15, -0.1) is 0 Å². The van der Waals surface area contributed by atoms with E-state index >= 15 is 0 Å². The number of aromatic amines is 1. The van der Waals surface area contributed by atoms with Crippen molar-refractivity contribution in [3.8, 4) is 0 Å². The van der Waals surface area contributed by atoms with Gasteiger partial charge in [-0.1, -0.05) is 48.5 Å². The molecule has 2 aromatic carbocycles. The van der Waals surface area contributed by atoms with Gasteiger partial charge in [0.1, 0.15) is 0 Å². The van der Waals surface area contributed by atoms with Crippen LogP contribution in [0.15, 0.2) is 60.8 Å². The molecule has 1 amide bonds. The van der Waals surface area contributed by atoms with Crippen LogP contribution < -0.4 is 10.6 Å². The number of β-amino-alcohol motifs (C(OH)–C–C–N with tert-alkyl or cyclic N) is 1. The van der Waals surface area contributed by atoms with Crippen LogP contribution in [0.25, 0.3) is 10.9 Å². The van der Waals surface area contributed by atoms with Crippen molar-refractivity contribution in [2.45, 2.75) is 24.5 Å². The van der Waals surface area contributed by atoms with E-state index < -0.39 is 6.10 Å². The molecule has 3 aromatic rings. The number of hydrogen-bond acceptors (Lipinski definition) is 3. The summed E-state index contributed by atoms with van der Waals surface area (Å²) in [4.78, 5) is 15.8. The van der Waals surface area contributed by atoms with Crippen LogP contribution in [0.2, 0.25) is 0 Å². The number of fused-ring (bicyclic) bond motifs is 1. The number of benzene rings is 2. The Hall–Kier alpha value is -2.63. The molecule has 0 radical (unpaired) electrons. The largest absolute Gasteiger partial charge is 0.392 e. The molecule has 4 rings (SSSR count). The van der Waals surface area contributed by atoms with E-state index in [1.165, 1.54) is 10.9 Å². The molecular formula is C21H23N3O2. The predicted octanol–water partition coefficient (Wildman–Crippen LogP) is 2.14. The van der Waals surface area contributed by atoms with Gasteiger partial charge < -0.3 is 20.7 Å². The summed E-state index contributed by atoms with van der Waals surface area (Å²) in [6, 6.07) is 18.1. The summed E-state index contributed by atoms with van der Waals surface area (Å²) >= 11 is 0. The van der Waals surface area contributed by atoms with Crippen molar-refractivity contribution in [1.82, 2.24) is 15.6 Å². The fourth-order valence-corrected chi connectivity index (χ4v) is 3.72. The van der Waals surface area contributed by atoms with Gasteiger partial charge in [-0.3, -0.25) is 4.79 Å². The summed E-state index contributed by atoms with van der Waals surface area (Å²) in [7, 11) is 0. The molecule has 0 aliphatic carbocycles. The number of carbonyl (C=O) groups excluding carboxylic acids is 1. The maximum atomic E-state index is 12.5. The Kier molecular flexibility index (Phi) is 4.73. The number of aromatic nitrogens is 1. The zero-order chi connectivity index (χ0) is 17.9. The first-order valence-electron chi connectivity index (χ1n) is 9.02. The Morgan fingerprint density at radius 3 is 2.69 bits per heavy atom. The highest BCUT2D eigenvalue weighted by Crippen LogP contribution is 2.30. The number of aliphatic hydroxyl groups excluding tert-OH is 1. The van der Waals surface area contributed by atoms with Gasteiger partial charge in [0.05, 0.1) is 12.1 Å². The third-order valence-electron chi connectivity index (χ3n) is 5.10. The van der Waals surface area contributed by atoms with Gasteiger partial charge in [0.25, 0.3) is 0 Å². The SMILES string of the molecule is O=C(NC[C@H](c1ccccc1)c1c[nH]c2ccccc12)[C@H]1C[C@@H](O)CN1. The molecule has 1 aliphatic heterocycles. The summed E-state index contributed by atoms with van der Waals surface area (Å²) < 4.78 is 0. The topological polar surface area (TPSA) is 77.2 Å². The summed E-state index contributed by atoms with van der Waals surface area (Å²) in [5, 5.41) is 16.9. The van der Waals surface area contributed by atoms with Crippen LogP contribution >= 0.6 is 0 Å². The zero-order valence-corrected chi connectivity index (χ0v) is 14.5. The van der Waals surface area contributed by atoms with E-state index in [9.17, 15) is 9.90 Å². The maximum absolute atomic E-state index is 12.5. The number of carbonyl (C=O) groups is 1. The molecule has 26 heavy (non-hydrogen) atoms. The monoisotopic (exact) mass is 349 g/mol. The van der Waals surface area contributed by atoms with Crippen LogP contribution in [-0.4, -0.2) is 41.2 Å². The third kappa shape index (κ3) is 3.36. The fraction of sp³-hybridized carbons (Fsp3) is 0.286. The molecule has 5 nitrogen and oxygen atoms in total. The lowest BCUT2D eigenvalue weighted by atomic mass is 9.91. The normalized spacial score (nSPS) is 21.0. The zero-order valence-electron chi connectivity index (χ0n) is 14.5. The molecule has 4 N–H and O–H groups in total. The van der Waals surface area contributed by atoms with Gasteiger partial charge in [0, 0.05) is 36.1 Å². The third-order valence-corrected chi connectivity index (χ3v) is 5.10. The van der Waals surface area contributed by atoms with E-state index in [1.807, 2.05) is 36.5 Å². The lowest BCUT2D eigenvalue weighted by Crippen LogP contribution is -2.42. The summed E-state index contributed by atoms with van der Waals surface area (Å²) in [5.74, 6) is 0.00458. The minimum absolute atomic E-state index is 0.0534. The molecule has 134 valence electrons. The van der Waals surface area contributed by atoms with Gasteiger partial charge in [0.15, 0.2) is 0 Å². The molecule has 3 atom stereocenters. The van der Waals surface area contributed by atoms with Crippen molar-refractivity contribution in [2.75, 3.05) is 13.1 Å². The summed E-state index contributed by atoms with van der Waals surface area (Å²) in [6.45, 7) is 0.988. The van der Waals surface area contributed by atoms with Crippen molar-refractivity contribution in [3.05, 3.63) is 71.9 Å². The maximum Gasteiger partial charge on any atom is 0.237 e. The Morgan fingerprint density at radius 2 is 1.92 bits per heavy atom. The van der Waals surface area contributed by atoms with Crippen molar-refractivity contribution in [3.63, 3.8) is 0 Å². The average Bonchev–Trinajstić information content (AvgIpc) is 3.29. The fourth-order valence-electron chi connectivity index (χ4n) is 3.72. The standard InChI is InChI=1S/C21H23N3O2/c25-15-10-20(22-11-15)21(26)24-12-17(14-6-2-1-3-7-14)18-13-23-19-9-5-4-8-16(18)19/h1-9,13,15,17,20,22-23,25H,10-12H2,(H,24,26)/t15-,17-,20-/m1/s1. The van der Waals surface area contributed by atoms with Gasteiger partial charge in [-0.2, -0.15) is 0 Å². The second kappa shape index (κ2) is 7.32. The van der Waals surface area contributed by atoms with Crippen molar-refractivity contribution in [2.24, 2.45) is 0 Å². The number of nitrogens with one attached hydrogen (secondary N) is 3. The van der Waals surface area contributed by atoms with Crippen LogP contribution in [0.4, 0.5) is 0 Å². The second-order valence-corrected chi connectivity index (χ2v) is 6.85. The molecule has 0 spiro atoms. The number of para-hydroxylation sites is 1. The molecular weight excluding hydrogens is 326 g/mol. The molecule has 0 saturated carbocycles. The highest BCUT2D eigenvalue weighted by Gasteiger charge is 2.28. The summed E-state index contributed by atoms with van der Waals surface area (Å²) in [5.41, 5.74) is 3.43. The lowest BCUT2D eigenvalue weighted by molar-refractivity contribution is -0.122. The minimum atomic E-state index is -0.440. The molecule has 0 bridgehead atoms. The first-order valence-corrected chi connectivity index (χ1v) is 9.02. The van der Waals surface area contributed by atoms with Crippen LogP contribution in [0.3, 0.4) is 0 Å². The summed E-state index contributed by atoms with van der Waals surface area (Å²) in [6.07, 6.45) is 2.06. The van der Waals surface area contributed by atoms with Crippen molar-refractivity contribution in [1.29, 1.82) is 0 Å². The van der Waals surface area contributed by atoms with Crippen LogP contribution in [0.1, 0.15) is 23.5 Å². The highest BCUT2D eigenvalue weighted by atomic mass is 16.3. The van der Waals surface area contributed by atoms with E-state index in [2.05, 4.69) is 39.9 Å². The number of hydrogen-bond donors (Lipinski definition) is 4. The quantitative estimate of drug-likeness (QED) is 0.570. The molecule has 0 unspecified atom stereocenters. The Balaban J connectivity index is 1.59. The number of H-pyrrole nitrogens is 1. The van der Waals surface area contributed by atoms with E-state index in [4.69, 9.17) is 0 Å². The van der Waals surface area contributed by atoms with Crippen LogP contribution in [0.5, 0.6) is 0 Å².